The van der Waals surface area contributed by atoms with Crippen LogP contribution in [0.3, 0.4) is 0 Å². The van der Waals surface area contributed by atoms with E-state index in [0.717, 1.165) is 0 Å². The maximum atomic E-state index is 12.3. The summed E-state index contributed by atoms with van der Waals surface area (Å²) in [5.74, 6) is 0.561. The van der Waals surface area contributed by atoms with Gasteiger partial charge in [0.05, 0.1) is 21.5 Å². The fourth-order valence-corrected chi connectivity index (χ4v) is 3.02. The summed E-state index contributed by atoms with van der Waals surface area (Å²) in [7, 11) is -2.15. The monoisotopic (exact) mass is 319 g/mol. The van der Waals surface area contributed by atoms with E-state index in [-0.39, 0.29) is 16.5 Å². The van der Waals surface area contributed by atoms with Crippen molar-refractivity contribution in [1.29, 1.82) is 0 Å². The topological polar surface area (TPSA) is 66.1 Å². The predicted octanol–water partition coefficient (Wildman–Crippen LogP) is 2.54. The van der Waals surface area contributed by atoms with E-state index >= 15 is 0 Å². The number of sulfonamides is 1. The minimum atomic E-state index is -3.62. The number of hydrogen-bond acceptors (Lipinski definition) is 3. The van der Waals surface area contributed by atoms with E-state index in [1.807, 2.05) is 0 Å². The average Bonchev–Trinajstić information content (AvgIpc) is 2.85. The lowest BCUT2D eigenvalue weighted by molar-refractivity contribution is 0.458. The van der Waals surface area contributed by atoms with Crippen molar-refractivity contribution in [2.45, 2.75) is 11.4 Å². The van der Waals surface area contributed by atoms with Crippen LogP contribution in [-0.4, -0.2) is 29.7 Å². The van der Waals surface area contributed by atoms with Gasteiger partial charge in [-0.1, -0.05) is 23.2 Å². The van der Waals surface area contributed by atoms with Gasteiger partial charge in [-0.2, -0.15) is 4.31 Å². The second-order valence-corrected chi connectivity index (χ2v) is 6.73. The van der Waals surface area contributed by atoms with Crippen molar-refractivity contribution in [3.8, 4) is 0 Å². The maximum Gasteiger partial charge on any atom is 0.243 e. The van der Waals surface area contributed by atoms with Gasteiger partial charge in [-0.05, 0) is 18.2 Å². The Hall–Kier alpha value is -1.08. The van der Waals surface area contributed by atoms with Crippen LogP contribution in [0.4, 0.5) is 0 Å². The van der Waals surface area contributed by atoms with Crippen LogP contribution in [0.2, 0.25) is 10.0 Å². The molecule has 1 aromatic heterocycles. The number of H-pyrrole nitrogens is 1. The molecule has 2 rings (SSSR count). The van der Waals surface area contributed by atoms with Crippen LogP contribution in [-0.2, 0) is 16.6 Å². The van der Waals surface area contributed by atoms with Gasteiger partial charge in [0.15, 0.2) is 0 Å². The number of hydrogen-bond donors (Lipinski definition) is 1. The molecule has 1 heterocycles. The molecule has 5 nitrogen and oxygen atoms in total. The first-order chi connectivity index (χ1) is 8.91. The largest absolute Gasteiger partial charge is 0.347 e. The molecule has 0 fully saturated rings. The lowest BCUT2D eigenvalue weighted by atomic mass is 10.4. The van der Waals surface area contributed by atoms with Gasteiger partial charge in [-0.3, -0.25) is 0 Å². The molecule has 0 aliphatic carbocycles. The lowest BCUT2D eigenvalue weighted by Crippen LogP contribution is -2.27. The molecular formula is C11H11Cl2N3O2S. The molecule has 0 saturated carbocycles. The van der Waals surface area contributed by atoms with E-state index < -0.39 is 10.0 Å². The van der Waals surface area contributed by atoms with Crippen LogP contribution in [0, 0.1) is 0 Å². The second kappa shape index (κ2) is 5.50. The van der Waals surface area contributed by atoms with Gasteiger partial charge in [0.2, 0.25) is 10.0 Å². The molecule has 19 heavy (non-hydrogen) atoms. The second-order valence-electron chi connectivity index (χ2n) is 3.87. The number of benzene rings is 1. The molecule has 1 aromatic carbocycles. The van der Waals surface area contributed by atoms with Gasteiger partial charge < -0.3 is 4.98 Å². The minimum absolute atomic E-state index is 0.0935. The first-order valence-corrected chi connectivity index (χ1v) is 7.50. The van der Waals surface area contributed by atoms with E-state index in [9.17, 15) is 8.42 Å². The highest BCUT2D eigenvalue weighted by molar-refractivity contribution is 7.89. The Kier molecular flexibility index (Phi) is 4.15. The molecule has 0 saturated heterocycles. The summed E-state index contributed by atoms with van der Waals surface area (Å²) in [5, 5.41) is 0.517. The summed E-state index contributed by atoms with van der Waals surface area (Å²) in [4.78, 5) is 6.93. The van der Waals surface area contributed by atoms with E-state index in [0.29, 0.717) is 10.8 Å². The zero-order chi connectivity index (χ0) is 14.0. The molecule has 0 amide bonds. The van der Waals surface area contributed by atoms with Crippen molar-refractivity contribution in [2.24, 2.45) is 0 Å². The summed E-state index contributed by atoms with van der Waals surface area (Å²) < 4.78 is 25.8. The highest BCUT2D eigenvalue weighted by atomic mass is 35.5. The number of imidazole rings is 1. The fraction of sp³-hybridized carbons (Fsp3) is 0.182. The first-order valence-electron chi connectivity index (χ1n) is 5.31. The lowest BCUT2D eigenvalue weighted by Gasteiger charge is -2.16. The first kappa shape index (κ1) is 14.3. The average molecular weight is 320 g/mol. The summed E-state index contributed by atoms with van der Waals surface area (Å²) in [6, 6.07) is 4.21. The van der Waals surface area contributed by atoms with Crippen LogP contribution < -0.4 is 0 Å². The zero-order valence-electron chi connectivity index (χ0n) is 9.97. The van der Waals surface area contributed by atoms with Crippen molar-refractivity contribution < 1.29 is 8.42 Å². The van der Waals surface area contributed by atoms with E-state index in [2.05, 4.69) is 9.97 Å². The van der Waals surface area contributed by atoms with Crippen LogP contribution in [0.1, 0.15) is 5.82 Å². The van der Waals surface area contributed by atoms with Crippen LogP contribution >= 0.6 is 23.2 Å². The molecule has 2 aromatic rings. The summed E-state index contributed by atoms with van der Waals surface area (Å²) >= 11 is 11.6. The Morgan fingerprint density at radius 1 is 1.32 bits per heavy atom. The van der Waals surface area contributed by atoms with Gasteiger partial charge in [0, 0.05) is 19.4 Å². The number of halogens is 2. The molecule has 0 aliphatic heterocycles. The Morgan fingerprint density at radius 3 is 2.63 bits per heavy atom. The predicted molar refractivity (Wildman–Crippen MR) is 73.7 cm³/mol. The number of aromatic nitrogens is 2. The van der Waals surface area contributed by atoms with Gasteiger partial charge in [-0.25, -0.2) is 13.4 Å². The van der Waals surface area contributed by atoms with Crippen LogP contribution in [0.5, 0.6) is 0 Å². The van der Waals surface area contributed by atoms with Crippen molar-refractivity contribution >= 4 is 33.2 Å². The highest BCUT2D eigenvalue weighted by Crippen LogP contribution is 2.26. The molecule has 0 atom stereocenters. The Bertz CT molecular complexity index is 671. The molecule has 0 unspecified atom stereocenters. The number of rotatable bonds is 4. The fourth-order valence-electron chi connectivity index (χ4n) is 1.50. The van der Waals surface area contributed by atoms with Crippen LogP contribution in [0.15, 0.2) is 35.5 Å². The number of aromatic amines is 1. The molecule has 0 aliphatic rings. The number of nitrogens with zero attached hydrogens (tertiary/aromatic N) is 2. The Morgan fingerprint density at radius 2 is 2.05 bits per heavy atom. The van der Waals surface area contributed by atoms with E-state index in [1.54, 1.807) is 12.4 Å². The van der Waals surface area contributed by atoms with Gasteiger partial charge in [0.25, 0.3) is 0 Å². The van der Waals surface area contributed by atoms with Gasteiger partial charge in [-0.15, -0.1) is 0 Å². The Balaban J connectivity index is 2.28. The highest BCUT2D eigenvalue weighted by Gasteiger charge is 2.22. The summed E-state index contributed by atoms with van der Waals surface area (Å²) in [6.45, 7) is 0.148. The standard InChI is InChI=1S/C11H11Cl2N3O2S/c1-16(7-11-14-4-5-15-11)19(17,18)8-2-3-9(12)10(13)6-8/h2-6H,7H2,1H3,(H,14,15). The molecule has 8 heteroatoms. The van der Waals surface area contributed by atoms with Gasteiger partial charge in [0.1, 0.15) is 5.82 Å². The van der Waals surface area contributed by atoms with E-state index in [4.69, 9.17) is 23.2 Å². The molecule has 102 valence electrons. The smallest absolute Gasteiger partial charge is 0.243 e. The van der Waals surface area contributed by atoms with Gasteiger partial charge >= 0.3 is 0 Å². The van der Waals surface area contributed by atoms with Crippen LogP contribution in [0.25, 0.3) is 0 Å². The van der Waals surface area contributed by atoms with Crippen molar-refractivity contribution in [3.05, 3.63) is 46.5 Å². The number of nitrogens with one attached hydrogen (secondary N) is 1. The third-order valence-electron chi connectivity index (χ3n) is 2.53. The molecule has 0 bridgehead atoms. The molecule has 1 N–H and O–H groups in total. The van der Waals surface area contributed by atoms with Crippen molar-refractivity contribution in [3.63, 3.8) is 0 Å². The summed E-state index contributed by atoms with van der Waals surface area (Å²) in [6.07, 6.45) is 3.20. The molecule has 0 spiro atoms. The van der Waals surface area contributed by atoms with Crippen molar-refractivity contribution in [2.75, 3.05) is 7.05 Å². The Labute approximate surface area is 121 Å². The van der Waals surface area contributed by atoms with Crippen molar-refractivity contribution in [1.82, 2.24) is 14.3 Å². The quantitative estimate of drug-likeness (QED) is 0.941. The minimum Gasteiger partial charge on any atom is -0.347 e. The normalized spacial score (nSPS) is 12.0. The third kappa shape index (κ3) is 3.09. The third-order valence-corrected chi connectivity index (χ3v) is 5.06. The summed E-state index contributed by atoms with van der Waals surface area (Å²) in [5.41, 5.74) is 0. The SMILES string of the molecule is CN(Cc1ncc[nH]1)S(=O)(=O)c1ccc(Cl)c(Cl)c1. The zero-order valence-corrected chi connectivity index (χ0v) is 12.3. The van der Waals surface area contributed by atoms with E-state index in [1.165, 1.54) is 29.6 Å². The molecular weight excluding hydrogens is 309 g/mol. The maximum absolute atomic E-state index is 12.3. The molecule has 0 radical (unpaired) electrons.